The maximum Gasteiger partial charge on any atom is 0.141 e. The fourth-order valence-corrected chi connectivity index (χ4v) is 2.36. The molecule has 2 rings (SSSR count). The lowest BCUT2D eigenvalue weighted by atomic mass is 10.1. The number of aliphatic hydroxyl groups is 1. The van der Waals surface area contributed by atoms with E-state index in [-0.39, 0.29) is 5.82 Å². The van der Waals surface area contributed by atoms with Gasteiger partial charge in [0.15, 0.2) is 0 Å². The van der Waals surface area contributed by atoms with E-state index in [1.54, 1.807) is 6.07 Å². The summed E-state index contributed by atoms with van der Waals surface area (Å²) in [6.07, 6.45) is 2.35. The van der Waals surface area contributed by atoms with Crippen LogP contribution in [-0.4, -0.2) is 59.7 Å². The molecule has 1 aliphatic rings. The molecular formula is C14H22FN3O. The summed E-state index contributed by atoms with van der Waals surface area (Å²) in [4.78, 5) is 8.62. The van der Waals surface area contributed by atoms with Crippen molar-refractivity contribution in [3.8, 4) is 0 Å². The second-order valence-corrected chi connectivity index (χ2v) is 5.20. The number of hydrogen-bond acceptors (Lipinski definition) is 4. The molecule has 0 spiro atoms. The molecule has 4 nitrogen and oxygen atoms in total. The fourth-order valence-electron chi connectivity index (χ4n) is 2.36. The van der Waals surface area contributed by atoms with E-state index in [0.717, 1.165) is 38.9 Å². The number of aromatic nitrogens is 1. The molecule has 106 valence electrons. The summed E-state index contributed by atoms with van der Waals surface area (Å²) in [5.41, 5.74) is 0.549. The zero-order valence-electron chi connectivity index (χ0n) is 11.4. The van der Waals surface area contributed by atoms with E-state index in [2.05, 4.69) is 21.8 Å². The van der Waals surface area contributed by atoms with Crippen LogP contribution in [0, 0.1) is 5.82 Å². The summed E-state index contributed by atoms with van der Waals surface area (Å²) in [5, 5.41) is 10.0. The lowest BCUT2D eigenvalue weighted by molar-refractivity contribution is 0.139. The maximum absolute atomic E-state index is 12.8. The first kappa shape index (κ1) is 14.4. The van der Waals surface area contributed by atoms with Gasteiger partial charge in [-0.2, -0.15) is 0 Å². The molecule has 1 unspecified atom stereocenters. The SMILES string of the molecule is CN1CCCN(CCC(O)c2ccc(F)cn2)CC1. The van der Waals surface area contributed by atoms with Gasteiger partial charge in [-0.3, -0.25) is 4.98 Å². The Morgan fingerprint density at radius 2 is 2.16 bits per heavy atom. The maximum atomic E-state index is 12.8. The third-order valence-corrected chi connectivity index (χ3v) is 3.62. The quantitative estimate of drug-likeness (QED) is 0.892. The Balaban J connectivity index is 1.79. The van der Waals surface area contributed by atoms with Gasteiger partial charge in [-0.05, 0) is 45.1 Å². The molecule has 0 aromatic carbocycles. The minimum atomic E-state index is -0.610. The zero-order valence-corrected chi connectivity index (χ0v) is 11.4. The molecule has 0 radical (unpaired) electrons. The Bertz CT molecular complexity index is 385. The van der Waals surface area contributed by atoms with E-state index in [1.807, 2.05) is 0 Å². The van der Waals surface area contributed by atoms with Crippen LogP contribution in [0.15, 0.2) is 18.3 Å². The van der Waals surface area contributed by atoms with Crippen LogP contribution in [0.2, 0.25) is 0 Å². The summed E-state index contributed by atoms with van der Waals surface area (Å²) in [5.74, 6) is -0.369. The van der Waals surface area contributed by atoms with Crippen LogP contribution in [0.25, 0.3) is 0 Å². The molecular weight excluding hydrogens is 245 g/mol. The molecule has 1 N–H and O–H groups in total. The molecule has 19 heavy (non-hydrogen) atoms. The van der Waals surface area contributed by atoms with Crippen molar-refractivity contribution in [2.24, 2.45) is 0 Å². The number of halogens is 1. The number of rotatable bonds is 4. The summed E-state index contributed by atoms with van der Waals surface area (Å²) >= 11 is 0. The van der Waals surface area contributed by atoms with E-state index < -0.39 is 6.10 Å². The van der Waals surface area contributed by atoms with Crippen molar-refractivity contribution in [2.45, 2.75) is 18.9 Å². The van der Waals surface area contributed by atoms with Crippen LogP contribution < -0.4 is 0 Å². The second kappa shape index (κ2) is 6.93. The number of likely N-dealkylation sites (N-methyl/N-ethyl adjacent to an activating group) is 1. The molecule has 1 fully saturated rings. The zero-order chi connectivity index (χ0) is 13.7. The first-order chi connectivity index (χ1) is 9.15. The number of aliphatic hydroxyl groups excluding tert-OH is 1. The summed E-state index contributed by atoms with van der Waals surface area (Å²) < 4.78 is 12.8. The van der Waals surface area contributed by atoms with Gasteiger partial charge in [-0.1, -0.05) is 0 Å². The van der Waals surface area contributed by atoms with E-state index in [1.165, 1.54) is 12.5 Å². The molecule has 0 bridgehead atoms. The number of hydrogen-bond donors (Lipinski definition) is 1. The predicted molar refractivity (Wildman–Crippen MR) is 72.3 cm³/mol. The van der Waals surface area contributed by atoms with Gasteiger partial charge in [0, 0.05) is 19.6 Å². The number of nitrogens with zero attached hydrogens (tertiary/aromatic N) is 3. The van der Waals surface area contributed by atoms with E-state index >= 15 is 0 Å². The second-order valence-electron chi connectivity index (χ2n) is 5.20. The molecule has 0 amide bonds. The van der Waals surface area contributed by atoms with Crippen molar-refractivity contribution in [3.05, 3.63) is 29.8 Å². The monoisotopic (exact) mass is 267 g/mol. The standard InChI is InChI=1S/C14H22FN3O/c1-17-6-2-7-18(10-9-17)8-5-14(19)13-4-3-12(15)11-16-13/h3-4,11,14,19H,2,5-10H2,1H3. The van der Waals surface area contributed by atoms with Crippen LogP contribution in [-0.2, 0) is 0 Å². The topological polar surface area (TPSA) is 39.6 Å². The van der Waals surface area contributed by atoms with Crippen LogP contribution in [0.1, 0.15) is 24.6 Å². The lowest BCUT2D eigenvalue weighted by Crippen LogP contribution is -2.30. The average molecular weight is 267 g/mol. The Morgan fingerprint density at radius 1 is 1.32 bits per heavy atom. The van der Waals surface area contributed by atoms with Gasteiger partial charge in [0.05, 0.1) is 18.0 Å². The van der Waals surface area contributed by atoms with Crippen LogP contribution in [0.3, 0.4) is 0 Å². The highest BCUT2D eigenvalue weighted by Gasteiger charge is 2.15. The first-order valence-corrected chi connectivity index (χ1v) is 6.85. The van der Waals surface area contributed by atoms with Gasteiger partial charge < -0.3 is 14.9 Å². The van der Waals surface area contributed by atoms with E-state index in [0.29, 0.717) is 12.1 Å². The molecule has 0 aliphatic carbocycles. The normalized spacial score (nSPS) is 20.2. The van der Waals surface area contributed by atoms with Gasteiger partial charge in [0.25, 0.3) is 0 Å². The molecule has 1 aromatic rings. The average Bonchev–Trinajstić information content (AvgIpc) is 2.61. The van der Waals surface area contributed by atoms with Gasteiger partial charge in [-0.25, -0.2) is 4.39 Å². The highest BCUT2D eigenvalue weighted by Crippen LogP contribution is 2.15. The molecule has 2 heterocycles. The smallest absolute Gasteiger partial charge is 0.141 e. The largest absolute Gasteiger partial charge is 0.387 e. The van der Waals surface area contributed by atoms with Crippen molar-refractivity contribution in [3.63, 3.8) is 0 Å². The van der Waals surface area contributed by atoms with Gasteiger partial charge >= 0.3 is 0 Å². The van der Waals surface area contributed by atoms with Gasteiger partial charge in [0.1, 0.15) is 5.82 Å². The van der Waals surface area contributed by atoms with Crippen molar-refractivity contribution in [1.29, 1.82) is 0 Å². The minimum Gasteiger partial charge on any atom is -0.387 e. The van der Waals surface area contributed by atoms with Crippen molar-refractivity contribution in [2.75, 3.05) is 39.8 Å². The number of pyridine rings is 1. The van der Waals surface area contributed by atoms with E-state index in [9.17, 15) is 9.50 Å². The highest BCUT2D eigenvalue weighted by atomic mass is 19.1. The van der Waals surface area contributed by atoms with Crippen molar-refractivity contribution < 1.29 is 9.50 Å². The summed E-state index contributed by atoms with van der Waals surface area (Å²) in [6, 6.07) is 2.89. The van der Waals surface area contributed by atoms with Gasteiger partial charge in [0.2, 0.25) is 0 Å². The summed E-state index contributed by atoms with van der Waals surface area (Å²) in [6.45, 7) is 5.19. The molecule has 1 atom stereocenters. The van der Waals surface area contributed by atoms with Crippen molar-refractivity contribution >= 4 is 0 Å². The predicted octanol–water partition coefficient (Wildman–Crippen LogP) is 1.28. The molecule has 1 aliphatic heterocycles. The molecule has 0 saturated carbocycles. The van der Waals surface area contributed by atoms with E-state index in [4.69, 9.17) is 0 Å². The molecule has 1 aromatic heterocycles. The first-order valence-electron chi connectivity index (χ1n) is 6.85. The third kappa shape index (κ3) is 4.53. The van der Waals surface area contributed by atoms with Crippen LogP contribution in [0.4, 0.5) is 4.39 Å². The Hall–Kier alpha value is -1.04. The molecule has 1 saturated heterocycles. The fraction of sp³-hybridized carbons (Fsp3) is 0.643. The third-order valence-electron chi connectivity index (χ3n) is 3.62. The van der Waals surface area contributed by atoms with Gasteiger partial charge in [-0.15, -0.1) is 0 Å². The Kier molecular flexibility index (Phi) is 5.24. The Morgan fingerprint density at radius 3 is 2.89 bits per heavy atom. The molecule has 5 heteroatoms. The highest BCUT2D eigenvalue weighted by molar-refractivity contribution is 5.07. The van der Waals surface area contributed by atoms with Crippen LogP contribution >= 0.6 is 0 Å². The lowest BCUT2D eigenvalue weighted by Gasteiger charge is -2.21. The minimum absolute atomic E-state index is 0.369. The summed E-state index contributed by atoms with van der Waals surface area (Å²) in [7, 11) is 2.14. The van der Waals surface area contributed by atoms with Crippen molar-refractivity contribution in [1.82, 2.24) is 14.8 Å². The Labute approximate surface area is 113 Å². The van der Waals surface area contributed by atoms with Crippen LogP contribution in [0.5, 0.6) is 0 Å².